The molecule has 2 unspecified atom stereocenters. The molecule has 1 aliphatic heterocycles. The summed E-state index contributed by atoms with van der Waals surface area (Å²) in [5.41, 5.74) is 0. The zero-order chi connectivity index (χ0) is 13.0. The Morgan fingerprint density at radius 3 is 2.53 bits per heavy atom. The molecule has 1 N–H and O–H groups in total. The molecule has 1 rings (SSSR count). The Labute approximate surface area is 99.0 Å². The van der Waals surface area contributed by atoms with E-state index in [4.69, 9.17) is 9.47 Å². The van der Waals surface area contributed by atoms with Crippen LogP contribution in [-0.4, -0.2) is 56.2 Å². The summed E-state index contributed by atoms with van der Waals surface area (Å²) in [7, 11) is 2.96. The molecule has 0 aromatic heterocycles. The highest BCUT2D eigenvalue weighted by Crippen LogP contribution is 2.11. The third-order valence-electron chi connectivity index (χ3n) is 2.58. The lowest BCUT2D eigenvalue weighted by atomic mass is 10.1. The van der Waals surface area contributed by atoms with E-state index in [0.29, 0.717) is 0 Å². The molecule has 1 aliphatic rings. The van der Waals surface area contributed by atoms with E-state index in [1.807, 2.05) is 0 Å². The monoisotopic (exact) mass is 244 g/mol. The molecular weight excluding hydrogens is 228 g/mol. The average Bonchev–Trinajstić information content (AvgIpc) is 2.30. The van der Waals surface area contributed by atoms with E-state index < -0.39 is 29.9 Å². The molecule has 2 atom stereocenters. The van der Waals surface area contributed by atoms with E-state index in [2.05, 4.69) is 5.32 Å². The predicted molar refractivity (Wildman–Crippen MR) is 57.1 cm³/mol. The molecule has 4 amide bonds. The van der Waals surface area contributed by atoms with Crippen molar-refractivity contribution in [3.8, 4) is 0 Å². The molecule has 0 aromatic carbocycles. The van der Waals surface area contributed by atoms with E-state index in [1.54, 1.807) is 0 Å². The van der Waals surface area contributed by atoms with Gasteiger partial charge in [0.2, 0.25) is 11.8 Å². The van der Waals surface area contributed by atoms with Gasteiger partial charge >= 0.3 is 6.03 Å². The third kappa shape index (κ3) is 3.01. The van der Waals surface area contributed by atoms with Gasteiger partial charge in [0.05, 0.1) is 19.3 Å². The Balaban J connectivity index is 2.71. The van der Waals surface area contributed by atoms with Gasteiger partial charge in [0.15, 0.2) is 0 Å². The number of hydrogen-bond donors (Lipinski definition) is 1. The molecule has 96 valence electrons. The maximum atomic E-state index is 11.7. The summed E-state index contributed by atoms with van der Waals surface area (Å²) >= 11 is 0. The number of imide groups is 2. The first-order valence-electron chi connectivity index (χ1n) is 5.19. The number of ether oxygens (including phenoxy) is 2. The Hall–Kier alpha value is -1.47. The van der Waals surface area contributed by atoms with Gasteiger partial charge < -0.3 is 9.47 Å². The van der Waals surface area contributed by atoms with Crippen molar-refractivity contribution in [2.45, 2.75) is 13.0 Å². The second-order valence-corrected chi connectivity index (χ2v) is 3.78. The Morgan fingerprint density at radius 1 is 1.35 bits per heavy atom. The van der Waals surface area contributed by atoms with Crippen molar-refractivity contribution < 1.29 is 23.9 Å². The van der Waals surface area contributed by atoms with Gasteiger partial charge in [0.25, 0.3) is 0 Å². The van der Waals surface area contributed by atoms with Gasteiger partial charge in [0, 0.05) is 14.2 Å². The lowest BCUT2D eigenvalue weighted by Gasteiger charge is -2.30. The standard InChI is InChI=1S/C10H16N2O5/c1-6-8(13)11-10(15)12(9(6)14)4-7(17-3)5-16-2/h6-7H,4-5H2,1-3H3,(H,11,13,15). The minimum absolute atomic E-state index is 0.0621. The van der Waals surface area contributed by atoms with Crippen LogP contribution in [0.15, 0.2) is 0 Å². The highest BCUT2D eigenvalue weighted by molar-refractivity contribution is 6.15. The number of carbonyl (C=O) groups excluding carboxylic acids is 3. The van der Waals surface area contributed by atoms with Crippen molar-refractivity contribution in [1.82, 2.24) is 10.2 Å². The van der Waals surface area contributed by atoms with Gasteiger partial charge in [-0.15, -0.1) is 0 Å². The average molecular weight is 244 g/mol. The van der Waals surface area contributed by atoms with Gasteiger partial charge in [-0.05, 0) is 6.92 Å². The second kappa shape index (κ2) is 5.74. The molecule has 0 spiro atoms. The molecule has 0 radical (unpaired) electrons. The molecule has 7 heteroatoms. The first kappa shape index (κ1) is 13.6. The Kier molecular flexibility index (Phi) is 4.59. The smallest absolute Gasteiger partial charge is 0.330 e. The van der Waals surface area contributed by atoms with Crippen LogP contribution in [0.3, 0.4) is 0 Å². The molecular formula is C10H16N2O5. The van der Waals surface area contributed by atoms with Gasteiger partial charge in [0.1, 0.15) is 5.92 Å². The van der Waals surface area contributed by atoms with Crippen molar-refractivity contribution in [1.29, 1.82) is 0 Å². The number of barbiturate groups is 1. The van der Waals surface area contributed by atoms with Crippen molar-refractivity contribution in [3.63, 3.8) is 0 Å². The SMILES string of the molecule is COCC(CN1C(=O)NC(=O)C(C)C1=O)OC. The molecule has 17 heavy (non-hydrogen) atoms. The summed E-state index contributed by atoms with van der Waals surface area (Å²) in [5, 5.41) is 2.11. The van der Waals surface area contributed by atoms with Crippen LogP contribution in [-0.2, 0) is 19.1 Å². The lowest BCUT2D eigenvalue weighted by Crippen LogP contribution is -2.59. The van der Waals surface area contributed by atoms with Gasteiger partial charge in [-0.25, -0.2) is 4.79 Å². The van der Waals surface area contributed by atoms with Crippen molar-refractivity contribution >= 4 is 17.8 Å². The van der Waals surface area contributed by atoms with E-state index in [9.17, 15) is 14.4 Å². The van der Waals surface area contributed by atoms with E-state index >= 15 is 0 Å². The van der Waals surface area contributed by atoms with Crippen molar-refractivity contribution in [3.05, 3.63) is 0 Å². The number of rotatable bonds is 5. The first-order valence-corrected chi connectivity index (χ1v) is 5.19. The minimum Gasteiger partial charge on any atom is -0.382 e. The van der Waals surface area contributed by atoms with Crippen LogP contribution in [0.25, 0.3) is 0 Å². The summed E-state index contributed by atoms with van der Waals surface area (Å²) in [6.45, 7) is 1.78. The second-order valence-electron chi connectivity index (χ2n) is 3.78. The number of hydrogen-bond acceptors (Lipinski definition) is 5. The quantitative estimate of drug-likeness (QED) is 0.650. The molecule has 7 nitrogen and oxygen atoms in total. The zero-order valence-corrected chi connectivity index (χ0v) is 10.1. The summed E-state index contributed by atoms with van der Waals surface area (Å²) in [4.78, 5) is 35.4. The summed E-state index contributed by atoms with van der Waals surface area (Å²) in [5.74, 6) is -1.94. The summed E-state index contributed by atoms with van der Waals surface area (Å²) in [6.07, 6.45) is -0.407. The highest BCUT2D eigenvalue weighted by atomic mass is 16.5. The van der Waals surface area contributed by atoms with Crippen LogP contribution < -0.4 is 5.32 Å². The molecule has 0 aromatic rings. The zero-order valence-electron chi connectivity index (χ0n) is 10.1. The number of urea groups is 1. The fraction of sp³-hybridized carbons (Fsp3) is 0.700. The van der Waals surface area contributed by atoms with Gasteiger partial charge in [-0.1, -0.05) is 0 Å². The summed E-state index contributed by atoms with van der Waals surface area (Å²) < 4.78 is 9.96. The van der Waals surface area contributed by atoms with Crippen LogP contribution in [0.5, 0.6) is 0 Å². The van der Waals surface area contributed by atoms with Crippen LogP contribution >= 0.6 is 0 Å². The van der Waals surface area contributed by atoms with E-state index in [0.717, 1.165) is 4.90 Å². The predicted octanol–water partition coefficient (Wildman–Crippen LogP) is -0.638. The normalized spacial score (nSPS) is 22.6. The maximum Gasteiger partial charge on any atom is 0.330 e. The molecule has 0 saturated carbocycles. The van der Waals surface area contributed by atoms with Crippen LogP contribution in [0.4, 0.5) is 4.79 Å². The number of amides is 4. The number of nitrogens with one attached hydrogen (secondary N) is 1. The first-order chi connectivity index (χ1) is 8.01. The molecule has 1 heterocycles. The summed E-state index contributed by atoms with van der Waals surface area (Å²) in [6, 6.07) is -0.712. The van der Waals surface area contributed by atoms with Crippen molar-refractivity contribution in [2.24, 2.45) is 5.92 Å². The van der Waals surface area contributed by atoms with Gasteiger partial charge in [-0.2, -0.15) is 0 Å². The largest absolute Gasteiger partial charge is 0.382 e. The van der Waals surface area contributed by atoms with Crippen LogP contribution in [0.2, 0.25) is 0 Å². The highest BCUT2D eigenvalue weighted by Gasteiger charge is 2.38. The molecule has 1 fully saturated rings. The fourth-order valence-corrected chi connectivity index (χ4v) is 1.48. The van der Waals surface area contributed by atoms with Crippen LogP contribution in [0, 0.1) is 5.92 Å². The third-order valence-corrected chi connectivity index (χ3v) is 2.58. The molecule has 0 bridgehead atoms. The Morgan fingerprint density at radius 2 is 2.00 bits per heavy atom. The fourth-order valence-electron chi connectivity index (χ4n) is 1.48. The van der Waals surface area contributed by atoms with Gasteiger partial charge in [-0.3, -0.25) is 19.8 Å². The topological polar surface area (TPSA) is 84.9 Å². The minimum atomic E-state index is -0.854. The molecule has 1 saturated heterocycles. The van der Waals surface area contributed by atoms with E-state index in [-0.39, 0.29) is 13.2 Å². The Bertz CT molecular complexity index is 331. The lowest BCUT2D eigenvalue weighted by molar-refractivity contribution is -0.143. The van der Waals surface area contributed by atoms with E-state index in [1.165, 1.54) is 21.1 Å². The number of nitrogens with zero attached hydrogens (tertiary/aromatic N) is 1. The van der Waals surface area contributed by atoms with Crippen LogP contribution in [0.1, 0.15) is 6.92 Å². The molecule has 0 aliphatic carbocycles. The number of carbonyl (C=O) groups is 3. The number of methoxy groups -OCH3 is 2. The maximum absolute atomic E-state index is 11.7. The van der Waals surface area contributed by atoms with Crippen molar-refractivity contribution in [2.75, 3.05) is 27.4 Å².